The lowest BCUT2D eigenvalue weighted by Gasteiger charge is -2.16. The van der Waals surface area contributed by atoms with Crippen LogP contribution in [0.4, 0.5) is 0 Å². The van der Waals surface area contributed by atoms with Gasteiger partial charge in [-0.3, -0.25) is 4.79 Å². The van der Waals surface area contributed by atoms with Crippen molar-refractivity contribution >= 4 is 51.6 Å². The zero-order valence-corrected chi connectivity index (χ0v) is 30.2. The molecule has 0 saturated carbocycles. The fourth-order valence-electron chi connectivity index (χ4n) is 6.24. The monoisotopic (exact) mass is 733 g/mol. The maximum Gasteiger partial charge on any atom is 0.220 e. The molecule has 50 heavy (non-hydrogen) atoms. The average molecular weight is 735 g/mol. The molecule has 0 unspecified atom stereocenters. The molecular weight excluding hydrogens is 697 g/mol. The second kappa shape index (κ2) is 15.9. The largest absolute Gasteiger partial charge is 0.496 e. The number of nitrogens with zero attached hydrogens (tertiary/aromatic N) is 2. The van der Waals surface area contributed by atoms with Crippen LogP contribution < -0.4 is 25.4 Å². The number of aromatic nitrogens is 2. The maximum atomic E-state index is 11.5. The van der Waals surface area contributed by atoms with Crippen LogP contribution in [0.15, 0.2) is 66.7 Å². The Bertz CT molecular complexity index is 2040. The van der Waals surface area contributed by atoms with E-state index in [1.54, 1.807) is 21.1 Å². The Morgan fingerprint density at radius 1 is 0.860 bits per heavy atom. The summed E-state index contributed by atoms with van der Waals surface area (Å²) in [5.74, 6) is 1.25. The summed E-state index contributed by atoms with van der Waals surface area (Å²) in [5.41, 5.74) is 6.60. The molecule has 4 N–H and O–H groups in total. The van der Waals surface area contributed by atoms with E-state index >= 15 is 0 Å². The van der Waals surface area contributed by atoms with Crippen molar-refractivity contribution in [3.05, 3.63) is 92.9 Å². The molecule has 1 aliphatic heterocycles. The highest BCUT2D eigenvalue weighted by Gasteiger charge is 2.21. The summed E-state index contributed by atoms with van der Waals surface area (Å²) in [7, 11) is 3.21. The number of methoxy groups -OCH3 is 2. The molecule has 1 amide bonds. The van der Waals surface area contributed by atoms with Crippen LogP contribution in [-0.2, 0) is 17.9 Å². The van der Waals surface area contributed by atoms with Gasteiger partial charge in [-0.15, -0.1) is 0 Å². The van der Waals surface area contributed by atoms with Crippen LogP contribution in [0.1, 0.15) is 30.9 Å². The third-order valence-electron chi connectivity index (χ3n) is 8.68. The predicted octanol–water partition coefficient (Wildman–Crippen LogP) is 7.45. The first-order valence-corrected chi connectivity index (χ1v) is 17.5. The molecule has 12 heteroatoms. The first-order chi connectivity index (χ1) is 24.2. The van der Waals surface area contributed by atoms with Gasteiger partial charge in [0, 0.05) is 77.4 Å². The lowest BCUT2D eigenvalue weighted by Crippen LogP contribution is -2.35. The molecule has 3 aromatic carbocycles. The number of carbonyl (C=O) groups is 1. The van der Waals surface area contributed by atoms with Gasteiger partial charge >= 0.3 is 0 Å². The molecule has 5 aromatic rings. The van der Waals surface area contributed by atoms with Crippen LogP contribution in [-0.4, -0.2) is 60.4 Å². The predicted molar refractivity (Wildman–Crippen MR) is 200 cm³/mol. The smallest absolute Gasteiger partial charge is 0.220 e. The van der Waals surface area contributed by atoms with Crippen molar-refractivity contribution in [1.82, 2.24) is 25.9 Å². The van der Waals surface area contributed by atoms with Crippen LogP contribution in [0.2, 0.25) is 15.1 Å². The molecule has 2 aromatic heterocycles. The van der Waals surface area contributed by atoms with Crippen molar-refractivity contribution < 1.29 is 19.4 Å². The van der Waals surface area contributed by atoms with Crippen molar-refractivity contribution in [2.24, 2.45) is 0 Å². The fourth-order valence-corrected chi connectivity index (χ4v) is 7.17. The Morgan fingerprint density at radius 2 is 1.50 bits per heavy atom. The van der Waals surface area contributed by atoms with E-state index in [4.69, 9.17) is 54.2 Å². The number of ether oxygens (including phenoxy) is 2. The van der Waals surface area contributed by atoms with Crippen LogP contribution in [0.3, 0.4) is 0 Å². The molecular formula is C38H38Cl3N5O4. The van der Waals surface area contributed by atoms with Crippen LogP contribution in [0.25, 0.3) is 44.5 Å². The Hall–Kier alpha value is -3.96. The van der Waals surface area contributed by atoms with E-state index in [2.05, 4.69) is 16.0 Å². The van der Waals surface area contributed by atoms with Gasteiger partial charge in [0.1, 0.15) is 5.75 Å². The summed E-state index contributed by atoms with van der Waals surface area (Å²) in [6.45, 7) is 3.86. The van der Waals surface area contributed by atoms with Crippen molar-refractivity contribution in [2.45, 2.75) is 45.0 Å². The molecule has 1 aliphatic rings. The zero-order chi connectivity index (χ0) is 35.4. The highest BCUT2D eigenvalue weighted by atomic mass is 35.5. The van der Waals surface area contributed by atoms with E-state index in [-0.39, 0.29) is 11.9 Å². The van der Waals surface area contributed by atoms with E-state index in [0.717, 1.165) is 45.2 Å². The number of pyridine rings is 2. The summed E-state index contributed by atoms with van der Waals surface area (Å²) in [6.07, 6.45) is 0.924. The topological polar surface area (TPSA) is 118 Å². The van der Waals surface area contributed by atoms with Crippen LogP contribution in [0, 0.1) is 0 Å². The van der Waals surface area contributed by atoms with Gasteiger partial charge in [-0.05, 0) is 37.6 Å². The zero-order valence-electron chi connectivity index (χ0n) is 27.9. The third kappa shape index (κ3) is 7.68. The van der Waals surface area contributed by atoms with Gasteiger partial charge in [0.2, 0.25) is 11.8 Å². The molecule has 9 nitrogen and oxygen atoms in total. The number of amides is 1. The van der Waals surface area contributed by atoms with E-state index in [1.807, 2.05) is 66.7 Å². The minimum Gasteiger partial charge on any atom is -0.496 e. The van der Waals surface area contributed by atoms with Crippen LogP contribution in [0.5, 0.6) is 11.6 Å². The van der Waals surface area contributed by atoms with E-state index < -0.39 is 6.10 Å². The van der Waals surface area contributed by atoms with Gasteiger partial charge in [-0.2, -0.15) is 0 Å². The highest BCUT2D eigenvalue weighted by molar-refractivity contribution is 6.39. The summed E-state index contributed by atoms with van der Waals surface area (Å²) in [5, 5.41) is 21.5. The molecule has 0 radical (unpaired) electrons. The summed E-state index contributed by atoms with van der Waals surface area (Å²) in [6, 6.07) is 21.2. The molecule has 0 aliphatic carbocycles. The Labute approximate surface area is 306 Å². The molecule has 1 saturated heterocycles. The Kier molecular flexibility index (Phi) is 11.4. The number of hydrogen-bond acceptors (Lipinski definition) is 8. The average Bonchev–Trinajstić information content (AvgIpc) is 3.53. The quantitative estimate of drug-likeness (QED) is 0.0987. The summed E-state index contributed by atoms with van der Waals surface area (Å²) in [4.78, 5) is 21.2. The van der Waals surface area contributed by atoms with Gasteiger partial charge in [-0.1, -0.05) is 77.3 Å². The lowest BCUT2D eigenvalue weighted by atomic mass is 9.97. The molecule has 1 fully saturated rings. The summed E-state index contributed by atoms with van der Waals surface area (Å²) >= 11 is 21.0. The van der Waals surface area contributed by atoms with Crippen molar-refractivity contribution in [3.63, 3.8) is 0 Å². The number of benzene rings is 3. The minimum absolute atomic E-state index is 0.0947. The van der Waals surface area contributed by atoms with Gasteiger partial charge in [0.15, 0.2) is 0 Å². The molecule has 2 atom stereocenters. The number of carbonyl (C=O) groups excluding carboxylic acids is 1. The van der Waals surface area contributed by atoms with Crippen molar-refractivity contribution in [2.75, 3.05) is 27.3 Å². The first kappa shape index (κ1) is 35.9. The maximum absolute atomic E-state index is 11.5. The van der Waals surface area contributed by atoms with Gasteiger partial charge in [-0.25, -0.2) is 9.97 Å². The molecule has 3 heterocycles. The normalized spacial score (nSPS) is 14.9. The number of hydrogen-bond donors (Lipinski definition) is 4. The van der Waals surface area contributed by atoms with E-state index in [9.17, 15) is 9.90 Å². The Balaban J connectivity index is 1.28. The second-order valence-corrected chi connectivity index (χ2v) is 13.4. The molecule has 260 valence electrons. The van der Waals surface area contributed by atoms with Crippen LogP contribution >= 0.6 is 34.8 Å². The van der Waals surface area contributed by atoms with Gasteiger partial charge < -0.3 is 30.5 Å². The molecule has 6 rings (SSSR count). The third-order valence-corrected chi connectivity index (χ3v) is 9.78. The standard InChI is InChI=1S/C38H38Cl3N5O4/c1-21(47)17-42-19-23-16-30(39)36-29(37(23)49-2)12-14-31(45-36)27-8-4-6-25(34(27)40)26-7-5-9-28(35(26)41)32-13-10-22(38(46-32)50-3)18-43-20-24-11-15-33(48)44-24/h4-10,12-14,16,21,24,42-43,47H,11,15,17-20H2,1-3H3,(H,44,48)/t21-,24+/m0/s1. The number of aliphatic hydroxyl groups is 1. The molecule has 0 spiro atoms. The Morgan fingerprint density at radius 3 is 2.12 bits per heavy atom. The number of nitrogens with one attached hydrogen (secondary N) is 3. The van der Waals surface area contributed by atoms with Crippen molar-refractivity contribution in [1.29, 1.82) is 0 Å². The highest BCUT2D eigenvalue weighted by Crippen LogP contribution is 2.43. The fraction of sp³-hybridized carbons (Fsp3) is 0.289. The van der Waals surface area contributed by atoms with Gasteiger partial charge in [0.05, 0.1) is 52.3 Å². The van der Waals surface area contributed by atoms with Gasteiger partial charge in [0.25, 0.3) is 0 Å². The van der Waals surface area contributed by atoms with Crippen molar-refractivity contribution in [3.8, 4) is 45.3 Å². The second-order valence-electron chi connectivity index (χ2n) is 12.3. The first-order valence-electron chi connectivity index (χ1n) is 16.4. The SMILES string of the molecule is COc1nc(-c2cccc(-c3cccc(-c4ccc5c(OC)c(CNC[C@H](C)O)cc(Cl)c5n4)c3Cl)c2Cl)ccc1CNC[C@H]1CCC(=O)N1. The minimum atomic E-state index is -0.474. The number of halogens is 3. The number of fused-ring (bicyclic) bond motifs is 1. The summed E-state index contributed by atoms with van der Waals surface area (Å²) < 4.78 is 11.4. The number of rotatable bonds is 13. The number of aliphatic hydroxyl groups excluding tert-OH is 1. The molecule has 0 bridgehead atoms. The van der Waals surface area contributed by atoms with E-state index in [0.29, 0.717) is 76.2 Å². The van der Waals surface area contributed by atoms with E-state index in [1.165, 1.54) is 0 Å². The lowest BCUT2D eigenvalue weighted by molar-refractivity contribution is -0.119.